The molecule has 4 heterocycles. The Kier molecular flexibility index (Phi) is 4.50. The van der Waals surface area contributed by atoms with E-state index >= 15 is 0 Å². The number of rotatable bonds is 4. The Morgan fingerprint density at radius 3 is 2.72 bits per heavy atom. The van der Waals surface area contributed by atoms with Crippen molar-refractivity contribution in [2.45, 2.75) is 20.4 Å². The highest BCUT2D eigenvalue weighted by Crippen LogP contribution is 2.27. The van der Waals surface area contributed by atoms with Gasteiger partial charge in [-0.1, -0.05) is 0 Å². The molecule has 3 aromatic heterocycles. The van der Waals surface area contributed by atoms with Crippen LogP contribution in [0.2, 0.25) is 0 Å². The van der Waals surface area contributed by atoms with Gasteiger partial charge in [-0.3, -0.25) is 15.0 Å². The fourth-order valence-electron chi connectivity index (χ4n) is 3.16. The molecule has 0 aliphatic carbocycles. The summed E-state index contributed by atoms with van der Waals surface area (Å²) in [6.07, 6.45) is 3.63. The Hall–Kier alpha value is -2.25. The molecule has 1 saturated heterocycles. The Labute approximate surface area is 151 Å². The molecular formula is C18H22N6S. The van der Waals surface area contributed by atoms with Crippen LogP contribution in [0.1, 0.15) is 16.3 Å². The van der Waals surface area contributed by atoms with Gasteiger partial charge in [-0.15, -0.1) is 11.3 Å². The maximum absolute atomic E-state index is 4.67. The zero-order valence-electron chi connectivity index (χ0n) is 14.6. The van der Waals surface area contributed by atoms with Crippen molar-refractivity contribution < 1.29 is 0 Å². The van der Waals surface area contributed by atoms with E-state index in [1.54, 1.807) is 6.20 Å². The summed E-state index contributed by atoms with van der Waals surface area (Å²) in [5.74, 6) is 1.04. The van der Waals surface area contributed by atoms with Crippen molar-refractivity contribution in [3.8, 4) is 10.6 Å². The summed E-state index contributed by atoms with van der Waals surface area (Å²) in [4.78, 5) is 16.6. The highest BCUT2D eigenvalue weighted by atomic mass is 32.1. The molecular weight excluding hydrogens is 332 g/mol. The molecule has 0 atom stereocenters. The van der Waals surface area contributed by atoms with Crippen LogP contribution < -0.4 is 4.90 Å². The van der Waals surface area contributed by atoms with E-state index < -0.39 is 0 Å². The largest absolute Gasteiger partial charge is 0.353 e. The highest BCUT2D eigenvalue weighted by Gasteiger charge is 2.20. The van der Waals surface area contributed by atoms with Crippen LogP contribution in [-0.4, -0.2) is 51.2 Å². The number of hydrogen-bond acceptors (Lipinski definition) is 6. The molecule has 0 aromatic carbocycles. The van der Waals surface area contributed by atoms with Crippen LogP contribution in [-0.2, 0) is 6.54 Å². The number of nitrogens with zero attached hydrogens (tertiary/aromatic N) is 5. The minimum absolute atomic E-state index is 0.980. The first kappa shape index (κ1) is 16.2. The summed E-state index contributed by atoms with van der Waals surface area (Å²) in [7, 11) is 0. The molecule has 7 heteroatoms. The number of aromatic amines is 1. The third kappa shape index (κ3) is 3.57. The summed E-state index contributed by atoms with van der Waals surface area (Å²) in [5, 5.41) is 7.06. The molecule has 1 N–H and O–H groups in total. The molecule has 6 nitrogen and oxygen atoms in total. The van der Waals surface area contributed by atoms with E-state index in [0.717, 1.165) is 55.6 Å². The summed E-state index contributed by atoms with van der Waals surface area (Å²) >= 11 is 1.84. The number of H-pyrrole nitrogens is 1. The monoisotopic (exact) mass is 354 g/mol. The van der Waals surface area contributed by atoms with Crippen molar-refractivity contribution in [3.63, 3.8) is 0 Å². The molecule has 1 aliphatic heterocycles. The van der Waals surface area contributed by atoms with Gasteiger partial charge in [0, 0.05) is 50.0 Å². The van der Waals surface area contributed by atoms with Crippen LogP contribution in [0, 0.1) is 13.8 Å². The lowest BCUT2D eigenvalue weighted by Crippen LogP contribution is -2.46. The minimum atomic E-state index is 0.980. The van der Waals surface area contributed by atoms with Crippen LogP contribution >= 0.6 is 11.3 Å². The number of thiophene rings is 1. The van der Waals surface area contributed by atoms with Crippen molar-refractivity contribution in [2.75, 3.05) is 31.1 Å². The summed E-state index contributed by atoms with van der Waals surface area (Å²) < 4.78 is 0. The van der Waals surface area contributed by atoms with E-state index in [0.29, 0.717) is 0 Å². The summed E-state index contributed by atoms with van der Waals surface area (Å²) in [6, 6.07) is 6.42. The lowest BCUT2D eigenvalue weighted by molar-refractivity contribution is 0.251. The van der Waals surface area contributed by atoms with Gasteiger partial charge in [-0.25, -0.2) is 4.98 Å². The maximum Gasteiger partial charge on any atom is 0.150 e. The first-order valence-electron chi connectivity index (χ1n) is 8.55. The highest BCUT2D eigenvalue weighted by molar-refractivity contribution is 7.15. The quantitative estimate of drug-likeness (QED) is 0.781. The van der Waals surface area contributed by atoms with Crippen molar-refractivity contribution in [1.29, 1.82) is 0 Å². The second kappa shape index (κ2) is 6.93. The predicted molar refractivity (Wildman–Crippen MR) is 101 cm³/mol. The second-order valence-corrected chi connectivity index (χ2v) is 7.59. The molecule has 3 aromatic rings. The molecule has 4 rings (SSSR count). The number of hydrogen-bond donors (Lipinski definition) is 1. The SMILES string of the molecule is Cc1cnc(C)c(N2CCN(Cc3ccc(-c4ccn[nH]4)s3)CC2)n1. The van der Waals surface area contributed by atoms with Crippen LogP contribution in [0.3, 0.4) is 0 Å². The third-order valence-corrected chi connectivity index (χ3v) is 5.63. The van der Waals surface area contributed by atoms with E-state index in [9.17, 15) is 0 Å². The van der Waals surface area contributed by atoms with E-state index in [1.165, 1.54) is 9.75 Å². The number of aromatic nitrogens is 4. The van der Waals surface area contributed by atoms with Gasteiger partial charge >= 0.3 is 0 Å². The Morgan fingerprint density at radius 2 is 1.96 bits per heavy atom. The van der Waals surface area contributed by atoms with Crippen LogP contribution in [0.15, 0.2) is 30.6 Å². The minimum Gasteiger partial charge on any atom is -0.353 e. The van der Waals surface area contributed by atoms with Gasteiger partial charge in [-0.2, -0.15) is 5.10 Å². The molecule has 0 spiro atoms. The number of anilines is 1. The molecule has 0 unspecified atom stereocenters. The van der Waals surface area contributed by atoms with E-state index in [2.05, 4.69) is 42.1 Å². The topological polar surface area (TPSA) is 60.9 Å². The van der Waals surface area contributed by atoms with Gasteiger partial charge in [-0.05, 0) is 32.0 Å². The number of aryl methyl sites for hydroxylation is 2. The normalized spacial score (nSPS) is 15.7. The molecule has 25 heavy (non-hydrogen) atoms. The zero-order valence-corrected chi connectivity index (χ0v) is 15.4. The number of piperazine rings is 1. The fraction of sp³-hybridized carbons (Fsp3) is 0.389. The maximum atomic E-state index is 4.67. The fourth-order valence-corrected chi connectivity index (χ4v) is 4.19. The van der Waals surface area contributed by atoms with E-state index in [-0.39, 0.29) is 0 Å². The Morgan fingerprint density at radius 1 is 1.12 bits per heavy atom. The predicted octanol–water partition coefficient (Wildman–Crippen LogP) is 2.87. The molecule has 1 aliphatic rings. The van der Waals surface area contributed by atoms with E-state index in [4.69, 9.17) is 0 Å². The average molecular weight is 354 g/mol. The molecule has 0 saturated carbocycles. The lowest BCUT2D eigenvalue weighted by atomic mass is 10.2. The van der Waals surface area contributed by atoms with Gasteiger partial charge in [0.2, 0.25) is 0 Å². The Balaban J connectivity index is 1.37. The molecule has 130 valence electrons. The van der Waals surface area contributed by atoms with Gasteiger partial charge in [0.25, 0.3) is 0 Å². The van der Waals surface area contributed by atoms with Crippen LogP contribution in [0.4, 0.5) is 5.82 Å². The van der Waals surface area contributed by atoms with Crippen LogP contribution in [0.25, 0.3) is 10.6 Å². The average Bonchev–Trinajstić information content (AvgIpc) is 3.29. The molecule has 0 radical (unpaired) electrons. The molecule has 0 amide bonds. The van der Waals surface area contributed by atoms with Gasteiger partial charge < -0.3 is 4.90 Å². The van der Waals surface area contributed by atoms with E-state index in [1.807, 2.05) is 37.4 Å². The molecule has 1 fully saturated rings. The summed E-state index contributed by atoms with van der Waals surface area (Å²) in [5.41, 5.74) is 3.09. The smallest absolute Gasteiger partial charge is 0.150 e. The Bertz CT molecular complexity index is 833. The van der Waals surface area contributed by atoms with Gasteiger partial charge in [0.1, 0.15) is 5.82 Å². The zero-order chi connectivity index (χ0) is 17.2. The lowest BCUT2D eigenvalue weighted by Gasteiger charge is -2.35. The standard InChI is InChI=1S/C18H22N6S/c1-13-11-19-14(2)18(21-13)24-9-7-23(8-10-24)12-15-3-4-17(25-15)16-5-6-20-22-16/h3-6,11H,7-10,12H2,1-2H3,(H,20,22). The first-order valence-corrected chi connectivity index (χ1v) is 9.37. The van der Waals surface area contributed by atoms with Crippen molar-refractivity contribution in [3.05, 3.63) is 46.9 Å². The van der Waals surface area contributed by atoms with Crippen molar-refractivity contribution in [2.24, 2.45) is 0 Å². The summed E-state index contributed by atoms with van der Waals surface area (Å²) in [6.45, 7) is 9.14. The second-order valence-electron chi connectivity index (χ2n) is 6.42. The third-order valence-electron chi connectivity index (χ3n) is 4.53. The van der Waals surface area contributed by atoms with Crippen LogP contribution in [0.5, 0.6) is 0 Å². The first-order chi connectivity index (χ1) is 12.2. The van der Waals surface area contributed by atoms with Gasteiger partial charge in [0.05, 0.1) is 22.0 Å². The molecule has 0 bridgehead atoms. The number of nitrogens with one attached hydrogen (secondary N) is 1. The van der Waals surface area contributed by atoms with Crippen molar-refractivity contribution >= 4 is 17.2 Å². The van der Waals surface area contributed by atoms with Gasteiger partial charge in [0.15, 0.2) is 0 Å². The van der Waals surface area contributed by atoms with Crippen molar-refractivity contribution in [1.82, 2.24) is 25.1 Å².